The minimum Gasteiger partial charge on any atom is -0.480 e. The van der Waals surface area contributed by atoms with Crippen LogP contribution in [0.4, 0.5) is 0 Å². The molecule has 5 atom stereocenters. The number of aliphatic hydroxyl groups excluding tert-OH is 2. The molecule has 0 heterocycles. The molecule has 0 aliphatic heterocycles. The quantitative estimate of drug-likeness (QED) is 0.0336. The number of primary amides is 1. The van der Waals surface area contributed by atoms with E-state index in [2.05, 4.69) is 20.9 Å². The van der Waals surface area contributed by atoms with E-state index in [1.165, 1.54) is 0 Å². The number of amides is 5. The number of aliphatic carboxylic acids is 1. The molecule has 0 rings (SSSR count). The van der Waals surface area contributed by atoms with E-state index >= 15 is 0 Å². The van der Waals surface area contributed by atoms with Crippen LogP contribution in [-0.4, -0.2) is 113 Å². The van der Waals surface area contributed by atoms with E-state index in [9.17, 15) is 33.9 Å². The van der Waals surface area contributed by atoms with E-state index in [0.717, 1.165) is 0 Å². The number of nitrogens with one attached hydrogen (secondary N) is 4. The molecule has 0 aliphatic rings. The Bertz CT molecular complexity index is 930. The zero-order valence-corrected chi connectivity index (χ0v) is 22.6. The fraction of sp³-hybridized carbons (Fsp3) is 0.682. The maximum atomic E-state index is 13.1. The first-order valence-corrected chi connectivity index (χ1v) is 12.7. The standard InChI is InChI=1S/C22H42N10O9/c23-6-2-1-4-11(24)17(36)29-12(5-3-7-28-22(26)27)18(37)30-13(8-16(25)35)19(38)31-14(9-33)20(39)32-15(10-34)21(40)41/h11-15,33-34H,1-10,23-24H2,(H2,25,35)(H,29,36)(H,30,37)(H,31,38)(H,32,39)(H,40,41)(H4,26,27,28)/t11-,12-,13-,14-,15-/m0/s1. The van der Waals surface area contributed by atoms with Gasteiger partial charge in [-0.2, -0.15) is 0 Å². The molecule has 17 N–H and O–H groups in total. The lowest BCUT2D eigenvalue weighted by Crippen LogP contribution is -2.60. The van der Waals surface area contributed by atoms with Crippen LogP contribution in [0.5, 0.6) is 0 Å². The van der Waals surface area contributed by atoms with Crippen LogP contribution in [0.2, 0.25) is 0 Å². The third-order valence-electron chi connectivity index (χ3n) is 5.54. The largest absolute Gasteiger partial charge is 0.480 e. The van der Waals surface area contributed by atoms with Crippen molar-refractivity contribution in [2.45, 2.75) is 68.7 Å². The Labute approximate surface area is 236 Å². The molecule has 19 heteroatoms. The van der Waals surface area contributed by atoms with Crippen LogP contribution in [0.15, 0.2) is 4.99 Å². The first kappa shape index (κ1) is 36.9. The lowest BCUT2D eigenvalue weighted by Gasteiger charge is -2.25. The molecule has 0 saturated carbocycles. The van der Waals surface area contributed by atoms with Gasteiger partial charge in [0.1, 0.15) is 24.2 Å². The Kier molecular flexibility index (Phi) is 17.9. The summed E-state index contributed by atoms with van der Waals surface area (Å²) in [5.41, 5.74) is 27.1. The molecule has 5 amide bonds. The van der Waals surface area contributed by atoms with Crippen LogP contribution in [0.1, 0.15) is 38.5 Å². The van der Waals surface area contributed by atoms with Crippen molar-refractivity contribution in [1.82, 2.24) is 21.3 Å². The van der Waals surface area contributed by atoms with Gasteiger partial charge in [-0.15, -0.1) is 0 Å². The number of aliphatic imine (C=N–C) groups is 1. The average Bonchev–Trinajstić information content (AvgIpc) is 2.90. The van der Waals surface area contributed by atoms with Crippen molar-refractivity contribution in [3.05, 3.63) is 0 Å². The second kappa shape index (κ2) is 19.9. The SMILES string of the molecule is NCCCC[C@H](N)C(=O)N[C@@H](CCCN=C(N)N)C(=O)N[C@@H](CC(N)=O)C(=O)N[C@@H](CO)C(=O)N[C@@H](CO)C(=O)O. The van der Waals surface area contributed by atoms with Crippen molar-refractivity contribution in [3.63, 3.8) is 0 Å². The van der Waals surface area contributed by atoms with Crippen molar-refractivity contribution in [2.75, 3.05) is 26.3 Å². The number of carboxylic acid groups (broad SMARTS) is 1. The summed E-state index contributed by atoms with van der Waals surface area (Å²) in [6, 6.07) is -7.32. The van der Waals surface area contributed by atoms with Gasteiger partial charge >= 0.3 is 5.97 Å². The molecule has 0 spiro atoms. The number of unbranched alkanes of at least 4 members (excludes halogenated alkanes) is 1. The average molecular weight is 591 g/mol. The van der Waals surface area contributed by atoms with E-state index in [1.54, 1.807) is 0 Å². The molecule has 41 heavy (non-hydrogen) atoms. The van der Waals surface area contributed by atoms with Gasteiger partial charge in [0.05, 0.1) is 25.7 Å². The fourth-order valence-corrected chi connectivity index (χ4v) is 3.30. The number of nitrogens with two attached hydrogens (primary N) is 5. The molecule has 0 aromatic rings. The number of rotatable bonds is 21. The molecule has 0 saturated heterocycles. The Morgan fingerprint density at radius 1 is 0.683 bits per heavy atom. The third-order valence-corrected chi connectivity index (χ3v) is 5.54. The van der Waals surface area contributed by atoms with Crippen molar-refractivity contribution in [1.29, 1.82) is 0 Å². The van der Waals surface area contributed by atoms with E-state index in [1.807, 2.05) is 5.32 Å². The number of carbonyl (C=O) groups excluding carboxylic acids is 5. The van der Waals surface area contributed by atoms with Gasteiger partial charge in [0.15, 0.2) is 5.96 Å². The molecular formula is C22H42N10O9. The van der Waals surface area contributed by atoms with Crippen LogP contribution < -0.4 is 49.9 Å². The summed E-state index contributed by atoms with van der Waals surface area (Å²) in [7, 11) is 0. The summed E-state index contributed by atoms with van der Waals surface area (Å²) in [6.45, 7) is -1.46. The number of nitrogens with zero attached hydrogens (tertiary/aromatic N) is 1. The Morgan fingerprint density at radius 2 is 1.20 bits per heavy atom. The molecule has 19 nitrogen and oxygen atoms in total. The zero-order valence-electron chi connectivity index (χ0n) is 22.6. The van der Waals surface area contributed by atoms with Gasteiger partial charge in [0, 0.05) is 6.54 Å². The van der Waals surface area contributed by atoms with Crippen molar-refractivity contribution in [2.24, 2.45) is 33.7 Å². The smallest absolute Gasteiger partial charge is 0.328 e. The van der Waals surface area contributed by atoms with Crippen molar-refractivity contribution >= 4 is 41.5 Å². The van der Waals surface area contributed by atoms with Gasteiger partial charge in [-0.1, -0.05) is 6.42 Å². The highest BCUT2D eigenvalue weighted by molar-refractivity contribution is 5.97. The lowest BCUT2D eigenvalue weighted by molar-refractivity contribution is -0.143. The predicted octanol–water partition coefficient (Wildman–Crippen LogP) is -6.62. The van der Waals surface area contributed by atoms with Crippen LogP contribution in [0, 0.1) is 0 Å². The van der Waals surface area contributed by atoms with Crippen molar-refractivity contribution < 1.29 is 44.1 Å². The monoisotopic (exact) mass is 590 g/mol. The highest BCUT2D eigenvalue weighted by Gasteiger charge is 2.32. The third kappa shape index (κ3) is 15.3. The van der Waals surface area contributed by atoms with Gasteiger partial charge in [-0.3, -0.25) is 29.0 Å². The molecule has 234 valence electrons. The molecule has 0 aliphatic carbocycles. The van der Waals surface area contributed by atoms with Crippen LogP contribution in [0.3, 0.4) is 0 Å². The van der Waals surface area contributed by atoms with Gasteiger partial charge in [-0.05, 0) is 32.2 Å². The van der Waals surface area contributed by atoms with E-state index < -0.39 is 85.3 Å². The molecular weight excluding hydrogens is 548 g/mol. The van der Waals surface area contributed by atoms with Gasteiger partial charge in [0.2, 0.25) is 29.5 Å². The number of hydrogen-bond donors (Lipinski definition) is 12. The molecule has 0 unspecified atom stereocenters. The minimum atomic E-state index is -1.72. The molecule has 0 fully saturated rings. The molecule has 0 aromatic carbocycles. The summed E-state index contributed by atoms with van der Waals surface area (Å²) < 4.78 is 0. The van der Waals surface area contributed by atoms with Crippen LogP contribution in [0.25, 0.3) is 0 Å². The normalized spacial score (nSPS) is 14.3. The molecule has 0 radical (unpaired) electrons. The number of carboxylic acids is 1. The number of guanidine groups is 1. The predicted molar refractivity (Wildman–Crippen MR) is 144 cm³/mol. The first-order valence-electron chi connectivity index (χ1n) is 12.7. The maximum Gasteiger partial charge on any atom is 0.328 e. The molecule has 0 bridgehead atoms. The Morgan fingerprint density at radius 3 is 1.71 bits per heavy atom. The minimum absolute atomic E-state index is 0.00576. The number of aliphatic hydroxyl groups is 2. The fourth-order valence-electron chi connectivity index (χ4n) is 3.30. The lowest BCUT2D eigenvalue weighted by atomic mass is 10.1. The van der Waals surface area contributed by atoms with Crippen LogP contribution >= 0.6 is 0 Å². The molecule has 0 aromatic heterocycles. The second-order valence-electron chi connectivity index (χ2n) is 8.96. The maximum absolute atomic E-state index is 13.1. The summed E-state index contributed by atoms with van der Waals surface area (Å²) in [5.74, 6) is -6.65. The van der Waals surface area contributed by atoms with Gasteiger partial charge in [-0.25, -0.2) is 4.79 Å². The van der Waals surface area contributed by atoms with E-state index in [-0.39, 0.29) is 25.3 Å². The summed E-state index contributed by atoms with van der Waals surface area (Å²) in [6.07, 6.45) is 0.970. The number of hydrogen-bond acceptors (Lipinski definition) is 11. The highest BCUT2D eigenvalue weighted by atomic mass is 16.4. The highest BCUT2D eigenvalue weighted by Crippen LogP contribution is 2.05. The zero-order chi connectivity index (χ0) is 31.5. The van der Waals surface area contributed by atoms with E-state index in [0.29, 0.717) is 25.8 Å². The van der Waals surface area contributed by atoms with Crippen molar-refractivity contribution in [3.8, 4) is 0 Å². The topological polar surface area (TPSA) is 354 Å². The van der Waals surface area contributed by atoms with Gasteiger partial charge in [0.25, 0.3) is 0 Å². The van der Waals surface area contributed by atoms with Gasteiger partial charge < -0.3 is 65.3 Å². The van der Waals surface area contributed by atoms with Crippen LogP contribution in [-0.2, 0) is 28.8 Å². The summed E-state index contributed by atoms with van der Waals surface area (Å²) in [4.78, 5) is 77.3. The first-order chi connectivity index (χ1) is 19.3. The number of carbonyl (C=O) groups is 6. The summed E-state index contributed by atoms with van der Waals surface area (Å²) >= 11 is 0. The second-order valence-corrected chi connectivity index (χ2v) is 8.96. The van der Waals surface area contributed by atoms with E-state index in [4.69, 9.17) is 38.9 Å². The Hall–Kier alpha value is -4.07. The summed E-state index contributed by atoms with van der Waals surface area (Å²) in [5, 5.41) is 36.3. The Balaban J connectivity index is 5.69.